The second kappa shape index (κ2) is 6.99. The summed E-state index contributed by atoms with van der Waals surface area (Å²) in [7, 11) is 1.79. The molecule has 1 saturated heterocycles. The Morgan fingerprint density at radius 1 is 1.33 bits per heavy atom. The summed E-state index contributed by atoms with van der Waals surface area (Å²) in [6.45, 7) is 3.93. The standard InChI is InChI=1S/C17H25ClN2O/c1-21-12-13-3-2-8-20(11-13)16-7-4-14(17(18)9-16)10-19-15-5-6-15/h4,7,9,13,15,19H,2-3,5-6,8,10-12H2,1H3. The van der Waals surface area contributed by atoms with Gasteiger partial charge in [0, 0.05) is 43.5 Å². The van der Waals surface area contributed by atoms with Crippen LogP contribution in [0.25, 0.3) is 0 Å². The minimum atomic E-state index is 0.638. The quantitative estimate of drug-likeness (QED) is 0.871. The summed E-state index contributed by atoms with van der Waals surface area (Å²) in [5.74, 6) is 0.638. The number of halogens is 1. The largest absolute Gasteiger partial charge is 0.384 e. The van der Waals surface area contributed by atoms with Crippen molar-refractivity contribution in [2.75, 3.05) is 31.7 Å². The van der Waals surface area contributed by atoms with Crippen LogP contribution < -0.4 is 10.2 Å². The number of nitrogens with zero attached hydrogens (tertiary/aromatic N) is 1. The Hall–Kier alpha value is -0.770. The van der Waals surface area contributed by atoms with Gasteiger partial charge in [-0.15, -0.1) is 0 Å². The third-order valence-corrected chi connectivity index (χ3v) is 4.83. The molecular formula is C17H25ClN2O. The Morgan fingerprint density at radius 2 is 2.19 bits per heavy atom. The van der Waals surface area contributed by atoms with Gasteiger partial charge in [-0.25, -0.2) is 0 Å². The SMILES string of the molecule is COCC1CCCN(c2ccc(CNC3CC3)c(Cl)c2)C1. The van der Waals surface area contributed by atoms with E-state index in [1.54, 1.807) is 7.11 Å². The van der Waals surface area contributed by atoms with Gasteiger partial charge in [-0.05, 0) is 49.3 Å². The van der Waals surface area contributed by atoms with Crippen LogP contribution in [0.3, 0.4) is 0 Å². The van der Waals surface area contributed by atoms with Gasteiger partial charge in [0.05, 0.1) is 6.61 Å². The Labute approximate surface area is 132 Å². The van der Waals surface area contributed by atoms with Crippen LogP contribution in [0.1, 0.15) is 31.2 Å². The Morgan fingerprint density at radius 3 is 2.90 bits per heavy atom. The van der Waals surface area contributed by atoms with Gasteiger partial charge in [-0.3, -0.25) is 0 Å². The van der Waals surface area contributed by atoms with E-state index in [-0.39, 0.29) is 0 Å². The Bertz CT molecular complexity index is 474. The van der Waals surface area contributed by atoms with Gasteiger partial charge >= 0.3 is 0 Å². The second-order valence-electron chi connectivity index (χ2n) is 6.34. The molecule has 1 saturated carbocycles. The average Bonchev–Trinajstić information content (AvgIpc) is 3.31. The highest BCUT2D eigenvalue weighted by Crippen LogP contribution is 2.28. The average molecular weight is 309 g/mol. The van der Waals surface area contributed by atoms with Gasteiger partial charge in [0.2, 0.25) is 0 Å². The summed E-state index contributed by atoms with van der Waals surface area (Å²) in [5.41, 5.74) is 2.45. The molecule has 116 valence electrons. The Kier molecular flexibility index (Phi) is 5.04. The van der Waals surface area contributed by atoms with Crippen molar-refractivity contribution >= 4 is 17.3 Å². The fraction of sp³-hybridized carbons (Fsp3) is 0.647. The molecule has 1 aromatic carbocycles. The smallest absolute Gasteiger partial charge is 0.0507 e. The molecule has 0 spiro atoms. The summed E-state index contributed by atoms with van der Waals surface area (Å²) in [6, 6.07) is 7.23. The summed E-state index contributed by atoms with van der Waals surface area (Å²) in [4.78, 5) is 2.44. The summed E-state index contributed by atoms with van der Waals surface area (Å²) >= 11 is 6.46. The van der Waals surface area contributed by atoms with E-state index in [0.717, 1.165) is 37.3 Å². The number of anilines is 1. The lowest BCUT2D eigenvalue weighted by Gasteiger charge is -2.34. The molecule has 1 heterocycles. The lowest BCUT2D eigenvalue weighted by molar-refractivity contribution is 0.143. The first-order valence-corrected chi connectivity index (χ1v) is 8.39. The zero-order valence-corrected chi connectivity index (χ0v) is 13.5. The molecule has 1 atom stereocenters. The zero-order valence-electron chi connectivity index (χ0n) is 12.8. The van der Waals surface area contributed by atoms with Crippen molar-refractivity contribution in [2.24, 2.45) is 5.92 Å². The van der Waals surface area contributed by atoms with Gasteiger partial charge < -0.3 is 15.0 Å². The minimum Gasteiger partial charge on any atom is -0.384 e. The van der Waals surface area contributed by atoms with E-state index >= 15 is 0 Å². The molecule has 3 rings (SSSR count). The summed E-state index contributed by atoms with van der Waals surface area (Å²) < 4.78 is 5.31. The minimum absolute atomic E-state index is 0.638. The summed E-state index contributed by atoms with van der Waals surface area (Å²) in [5, 5.41) is 4.41. The van der Waals surface area contributed by atoms with E-state index < -0.39 is 0 Å². The lowest BCUT2D eigenvalue weighted by atomic mass is 9.98. The maximum Gasteiger partial charge on any atom is 0.0507 e. The predicted octanol–water partition coefficient (Wildman–Crippen LogP) is 3.45. The molecular weight excluding hydrogens is 284 g/mol. The number of rotatable bonds is 6. The summed E-state index contributed by atoms with van der Waals surface area (Å²) in [6.07, 6.45) is 5.12. The van der Waals surface area contributed by atoms with E-state index in [1.165, 1.54) is 36.9 Å². The molecule has 0 radical (unpaired) electrons. The van der Waals surface area contributed by atoms with Crippen LogP contribution in [0.2, 0.25) is 5.02 Å². The van der Waals surface area contributed by atoms with Crippen LogP contribution in [0.4, 0.5) is 5.69 Å². The van der Waals surface area contributed by atoms with Crippen molar-refractivity contribution in [1.29, 1.82) is 0 Å². The number of nitrogens with one attached hydrogen (secondary N) is 1. The van der Waals surface area contributed by atoms with Gasteiger partial charge in [-0.1, -0.05) is 17.7 Å². The molecule has 3 nitrogen and oxygen atoms in total. The molecule has 0 aromatic heterocycles. The van der Waals surface area contributed by atoms with Gasteiger partial charge in [-0.2, -0.15) is 0 Å². The number of methoxy groups -OCH3 is 1. The number of benzene rings is 1. The number of hydrogen-bond acceptors (Lipinski definition) is 3. The van der Waals surface area contributed by atoms with Gasteiger partial charge in [0.1, 0.15) is 0 Å². The van der Waals surface area contributed by atoms with Gasteiger partial charge in [0.15, 0.2) is 0 Å². The van der Waals surface area contributed by atoms with Crippen LogP contribution >= 0.6 is 11.6 Å². The highest BCUT2D eigenvalue weighted by Gasteiger charge is 2.22. The first-order chi connectivity index (χ1) is 10.3. The molecule has 4 heteroatoms. The molecule has 1 aliphatic heterocycles. The molecule has 1 aliphatic carbocycles. The van der Waals surface area contributed by atoms with E-state index in [0.29, 0.717) is 5.92 Å². The van der Waals surface area contributed by atoms with Crippen molar-refractivity contribution in [1.82, 2.24) is 5.32 Å². The number of hydrogen-bond donors (Lipinski definition) is 1. The lowest BCUT2D eigenvalue weighted by Crippen LogP contribution is -2.37. The zero-order chi connectivity index (χ0) is 14.7. The highest BCUT2D eigenvalue weighted by atomic mass is 35.5. The third-order valence-electron chi connectivity index (χ3n) is 4.48. The maximum absolute atomic E-state index is 6.46. The van der Waals surface area contributed by atoms with Crippen LogP contribution in [0, 0.1) is 5.92 Å². The maximum atomic E-state index is 6.46. The van der Waals surface area contributed by atoms with Crippen LogP contribution in [0.15, 0.2) is 18.2 Å². The number of piperidine rings is 1. The molecule has 21 heavy (non-hydrogen) atoms. The van der Waals surface area contributed by atoms with Crippen molar-refractivity contribution in [3.05, 3.63) is 28.8 Å². The molecule has 2 aliphatic rings. The van der Waals surface area contributed by atoms with E-state index in [4.69, 9.17) is 16.3 Å². The van der Waals surface area contributed by atoms with Crippen molar-refractivity contribution in [2.45, 2.75) is 38.3 Å². The fourth-order valence-electron chi connectivity index (χ4n) is 3.09. The van der Waals surface area contributed by atoms with Crippen LogP contribution in [0.5, 0.6) is 0 Å². The Balaban J connectivity index is 1.62. The first kappa shape index (κ1) is 15.1. The molecule has 1 unspecified atom stereocenters. The first-order valence-electron chi connectivity index (χ1n) is 8.02. The molecule has 2 fully saturated rings. The van der Waals surface area contributed by atoms with Crippen molar-refractivity contribution < 1.29 is 4.74 Å². The molecule has 1 N–H and O–H groups in total. The normalized spacial score (nSPS) is 22.6. The van der Waals surface area contributed by atoms with E-state index in [2.05, 4.69) is 28.4 Å². The monoisotopic (exact) mass is 308 g/mol. The van der Waals surface area contributed by atoms with E-state index in [9.17, 15) is 0 Å². The van der Waals surface area contributed by atoms with Crippen molar-refractivity contribution in [3.8, 4) is 0 Å². The number of ether oxygens (including phenoxy) is 1. The molecule has 0 bridgehead atoms. The third kappa shape index (κ3) is 4.12. The molecule has 0 amide bonds. The van der Waals surface area contributed by atoms with Crippen molar-refractivity contribution in [3.63, 3.8) is 0 Å². The molecule has 1 aromatic rings. The van der Waals surface area contributed by atoms with Crippen LogP contribution in [-0.4, -0.2) is 32.8 Å². The van der Waals surface area contributed by atoms with E-state index in [1.807, 2.05) is 0 Å². The second-order valence-corrected chi connectivity index (χ2v) is 6.75. The van der Waals surface area contributed by atoms with Gasteiger partial charge in [0.25, 0.3) is 0 Å². The topological polar surface area (TPSA) is 24.5 Å². The predicted molar refractivity (Wildman–Crippen MR) is 88.1 cm³/mol. The highest BCUT2D eigenvalue weighted by molar-refractivity contribution is 6.31. The fourth-order valence-corrected chi connectivity index (χ4v) is 3.33. The van der Waals surface area contributed by atoms with Crippen LogP contribution in [-0.2, 0) is 11.3 Å².